The highest BCUT2D eigenvalue weighted by Gasteiger charge is 2.58. The molecular weight excluding hydrogens is 445 g/mol. The van der Waals surface area contributed by atoms with Crippen LogP contribution in [0.25, 0.3) is 6.08 Å². The van der Waals surface area contributed by atoms with Crippen molar-refractivity contribution in [1.82, 2.24) is 4.23 Å². The molecule has 0 N–H and O–H groups in total. The van der Waals surface area contributed by atoms with Gasteiger partial charge in [-0.25, -0.2) is 0 Å². The monoisotopic (exact) mass is 500 g/mol. The van der Waals surface area contributed by atoms with E-state index in [9.17, 15) is 0 Å². The Hall–Kier alpha value is -0.976. The van der Waals surface area contributed by atoms with Crippen LogP contribution >= 0.6 is 0 Å². The second-order valence-electron chi connectivity index (χ2n) is 12.0. The van der Waals surface area contributed by atoms with Crippen molar-refractivity contribution in [2.75, 3.05) is 13.1 Å². The zero-order valence-electron chi connectivity index (χ0n) is 24.6. The Morgan fingerprint density at radius 2 is 1.09 bits per heavy atom. The first-order valence-corrected chi connectivity index (χ1v) is 18.2. The van der Waals surface area contributed by atoms with Crippen LogP contribution in [0.3, 0.4) is 0 Å². The summed E-state index contributed by atoms with van der Waals surface area (Å²) >= 11 is 0. The summed E-state index contributed by atoms with van der Waals surface area (Å²) < 4.78 is 3.27. The molecule has 0 aliphatic rings. The lowest BCUT2D eigenvalue weighted by atomic mass is 10.2. The minimum Gasteiger partial charge on any atom is -0.344 e. The number of benzene rings is 1. The quantitative estimate of drug-likeness (QED) is 0.141. The van der Waals surface area contributed by atoms with Crippen molar-refractivity contribution in [1.29, 1.82) is 0 Å². The summed E-state index contributed by atoms with van der Waals surface area (Å²) in [5, 5.41) is 0. The fourth-order valence-electron chi connectivity index (χ4n) is 7.77. The number of nitrogens with zero attached hydrogens (tertiary/aromatic N) is 2. The molecule has 0 aromatic heterocycles. The molecule has 0 spiro atoms. The minimum atomic E-state index is -1.77. The largest absolute Gasteiger partial charge is 0.344 e. The fourth-order valence-corrected chi connectivity index (χ4v) is 27.9. The molecule has 0 fully saturated rings. The van der Waals surface area contributed by atoms with Crippen LogP contribution in [0.1, 0.15) is 95.1 Å². The SMILES string of the molecule is CC(C)[Si](C(C)C)(C(C)C)N(CCCN=CC=Cc1ccccc1)[Si](C(C)C)(C(C)C)C(C)C. The lowest BCUT2D eigenvalue weighted by Crippen LogP contribution is -2.74. The zero-order chi connectivity index (χ0) is 26.1. The molecular formula is C30H56N2Si2. The van der Waals surface area contributed by atoms with Gasteiger partial charge >= 0.3 is 0 Å². The van der Waals surface area contributed by atoms with Crippen LogP contribution in [0.4, 0.5) is 0 Å². The van der Waals surface area contributed by atoms with Gasteiger partial charge in [-0.15, -0.1) is 0 Å². The van der Waals surface area contributed by atoms with E-state index in [0.29, 0.717) is 0 Å². The number of hydrogen-bond donors (Lipinski definition) is 0. The molecule has 4 heteroatoms. The highest BCUT2D eigenvalue weighted by Crippen LogP contribution is 2.53. The van der Waals surface area contributed by atoms with Gasteiger partial charge in [-0.2, -0.15) is 0 Å². The van der Waals surface area contributed by atoms with Gasteiger partial charge in [0.15, 0.2) is 0 Å². The van der Waals surface area contributed by atoms with Gasteiger partial charge in [-0.05, 0) is 57.9 Å². The zero-order valence-corrected chi connectivity index (χ0v) is 26.6. The van der Waals surface area contributed by atoms with E-state index < -0.39 is 16.5 Å². The van der Waals surface area contributed by atoms with Gasteiger partial charge in [0.05, 0.1) is 0 Å². The molecule has 194 valence electrons. The molecule has 1 rings (SSSR count). The molecule has 0 amide bonds. The van der Waals surface area contributed by atoms with Crippen molar-refractivity contribution in [3.05, 3.63) is 42.0 Å². The number of allylic oxidation sites excluding steroid dienone is 1. The molecule has 0 saturated heterocycles. The van der Waals surface area contributed by atoms with Gasteiger partial charge < -0.3 is 4.23 Å². The van der Waals surface area contributed by atoms with E-state index >= 15 is 0 Å². The van der Waals surface area contributed by atoms with E-state index in [1.165, 1.54) is 12.1 Å². The molecule has 0 saturated carbocycles. The Labute approximate surface area is 215 Å². The predicted molar refractivity (Wildman–Crippen MR) is 162 cm³/mol. The van der Waals surface area contributed by atoms with Gasteiger partial charge in [0.25, 0.3) is 0 Å². The molecule has 0 unspecified atom stereocenters. The maximum atomic E-state index is 4.78. The van der Waals surface area contributed by atoms with Crippen molar-refractivity contribution in [2.45, 2.75) is 123 Å². The van der Waals surface area contributed by atoms with Gasteiger partial charge in [-0.3, -0.25) is 4.99 Å². The number of hydrogen-bond acceptors (Lipinski definition) is 2. The van der Waals surface area contributed by atoms with Crippen molar-refractivity contribution >= 4 is 28.8 Å². The summed E-state index contributed by atoms with van der Waals surface area (Å²) in [6, 6.07) is 10.5. The Balaban J connectivity index is 3.30. The van der Waals surface area contributed by atoms with Crippen LogP contribution in [0, 0.1) is 0 Å². The molecule has 34 heavy (non-hydrogen) atoms. The van der Waals surface area contributed by atoms with Crippen molar-refractivity contribution in [2.24, 2.45) is 4.99 Å². The molecule has 0 atom stereocenters. The minimum absolute atomic E-state index is 0.743. The molecule has 0 aliphatic heterocycles. The Bertz CT molecular complexity index is 673. The average Bonchev–Trinajstić information content (AvgIpc) is 2.72. The summed E-state index contributed by atoms with van der Waals surface area (Å²) in [4.78, 5) is 4.78. The molecule has 0 bridgehead atoms. The Kier molecular flexibility index (Phi) is 12.7. The predicted octanol–water partition coefficient (Wildman–Crippen LogP) is 9.81. The maximum absolute atomic E-state index is 4.78. The summed E-state index contributed by atoms with van der Waals surface area (Å²) in [5.41, 5.74) is 5.69. The van der Waals surface area contributed by atoms with Crippen molar-refractivity contribution in [3.63, 3.8) is 0 Å². The Morgan fingerprint density at radius 1 is 0.676 bits per heavy atom. The number of rotatable bonds is 14. The summed E-state index contributed by atoms with van der Waals surface area (Å²) in [6.07, 6.45) is 7.36. The van der Waals surface area contributed by atoms with Gasteiger partial charge in [0.1, 0.15) is 16.5 Å². The smallest absolute Gasteiger partial charge is 0.129 e. The second kappa shape index (κ2) is 13.9. The topological polar surface area (TPSA) is 15.6 Å². The van der Waals surface area contributed by atoms with E-state index in [0.717, 1.165) is 46.2 Å². The summed E-state index contributed by atoms with van der Waals surface area (Å²) in [5.74, 6) is 0. The van der Waals surface area contributed by atoms with Gasteiger partial charge in [0.2, 0.25) is 0 Å². The van der Waals surface area contributed by atoms with Crippen LogP contribution < -0.4 is 0 Å². The molecule has 0 radical (unpaired) electrons. The summed E-state index contributed by atoms with van der Waals surface area (Å²) in [7, 11) is -3.54. The van der Waals surface area contributed by atoms with E-state index in [1.54, 1.807) is 0 Å². The van der Waals surface area contributed by atoms with Crippen LogP contribution in [0.15, 0.2) is 41.4 Å². The fraction of sp³-hybridized carbons (Fsp3) is 0.700. The van der Waals surface area contributed by atoms with E-state index in [4.69, 9.17) is 4.99 Å². The molecule has 0 heterocycles. The van der Waals surface area contributed by atoms with Crippen molar-refractivity contribution < 1.29 is 0 Å². The van der Waals surface area contributed by atoms with E-state index in [2.05, 4.69) is 130 Å². The highest BCUT2D eigenvalue weighted by molar-refractivity contribution is 6.96. The summed E-state index contributed by atoms with van der Waals surface area (Å²) in [6.45, 7) is 32.5. The van der Waals surface area contributed by atoms with E-state index in [-0.39, 0.29) is 0 Å². The maximum Gasteiger partial charge on any atom is 0.129 e. The van der Waals surface area contributed by atoms with Crippen molar-refractivity contribution in [3.8, 4) is 0 Å². The van der Waals surface area contributed by atoms with Crippen LogP contribution in [0.2, 0.25) is 33.2 Å². The molecule has 0 aliphatic carbocycles. The van der Waals surface area contributed by atoms with Crippen LogP contribution in [-0.4, -0.2) is 40.0 Å². The molecule has 2 nitrogen and oxygen atoms in total. The van der Waals surface area contributed by atoms with E-state index in [1.807, 2.05) is 6.21 Å². The third kappa shape index (κ3) is 6.61. The average molecular weight is 501 g/mol. The lowest BCUT2D eigenvalue weighted by Gasteiger charge is -2.63. The highest BCUT2D eigenvalue weighted by atomic mass is 28.4. The first-order chi connectivity index (χ1) is 15.9. The van der Waals surface area contributed by atoms with Crippen LogP contribution in [0.5, 0.6) is 0 Å². The molecule has 1 aromatic carbocycles. The van der Waals surface area contributed by atoms with Gasteiger partial charge in [-0.1, -0.05) is 119 Å². The lowest BCUT2D eigenvalue weighted by molar-refractivity contribution is 0.488. The van der Waals surface area contributed by atoms with Crippen LogP contribution in [-0.2, 0) is 0 Å². The molecule has 1 aromatic rings. The standard InChI is InChI=1S/C30H56N2Si2/c1-24(2)33(25(3)4,26(5)6)32(34(27(7)8,28(9)10)29(11)12)23-17-22-31-21-16-20-30-18-14-13-15-19-30/h13-16,18-21,24-29H,17,22-23H2,1-12H3. The van der Waals surface area contributed by atoms with Gasteiger partial charge in [0, 0.05) is 12.8 Å². The third-order valence-corrected chi connectivity index (χ3v) is 24.2. The second-order valence-corrected chi connectivity index (χ2v) is 24.0. The first kappa shape index (κ1) is 31.1. The Morgan fingerprint density at radius 3 is 1.47 bits per heavy atom. The third-order valence-electron chi connectivity index (χ3n) is 8.43. The number of aliphatic imine (C=N–C) groups is 1. The normalized spacial score (nSPS) is 14.1. The first-order valence-electron chi connectivity index (χ1n) is 13.9.